The predicted molar refractivity (Wildman–Crippen MR) is 150 cm³/mol. The molecule has 0 fully saturated rings. The summed E-state index contributed by atoms with van der Waals surface area (Å²) < 4.78 is 15.6. The highest BCUT2D eigenvalue weighted by Gasteiger charge is 2.38. The molecule has 0 saturated heterocycles. The average Bonchev–Trinajstić information content (AvgIpc) is 3.26. The maximum Gasteiger partial charge on any atom is 0.240 e. The number of hydrogen-bond donors (Lipinski definition) is 1. The van der Waals surface area contributed by atoms with Gasteiger partial charge in [-0.3, -0.25) is 14.5 Å². The summed E-state index contributed by atoms with van der Waals surface area (Å²) >= 11 is 1.53. The minimum atomic E-state index is -0.365. The number of anilines is 1. The van der Waals surface area contributed by atoms with Crippen LogP contribution in [-0.4, -0.2) is 40.4 Å². The van der Waals surface area contributed by atoms with E-state index in [1.807, 2.05) is 49.4 Å². The summed E-state index contributed by atoms with van der Waals surface area (Å²) in [4.78, 5) is 28.1. The number of amides is 2. The Morgan fingerprint density at radius 1 is 1.05 bits per heavy atom. The maximum atomic E-state index is 13.9. The second-order valence-electron chi connectivity index (χ2n) is 9.22. The SMILES string of the molecule is CCCNC(=O)CN1C(=O)CS[C@@H](c2ccccc2C)c2c(-c3ccccc3)nn(-c3ccc(F)cc3)c21. The third-order valence-electron chi connectivity index (χ3n) is 6.55. The van der Waals surface area contributed by atoms with Crippen molar-refractivity contribution in [3.63, 3.8) is 0 Å². The topological polar surface area (TPSA) is 67.2 Å². The van der Waals surface area contributed by atoms with Crippen LogP contribution in [0, 0.1) is 12.7 Å². The number of nitrogens with zero attached hydrogens (tertiary/aromatic N) is 3. The molecule has 1 aromatic heterocycles. The monoisotopic (exact) mass is 528 g/mol. The zero-order valence-corrected chi connectivity index (χ0v) is 22.2. The zero-order chi connectivity index (χ0) is 26.6. The van der Waals surface area contributed by atoms with Gasteiger partial charge in [0.05, 0.1) is 22.4 Å². The van der Waals surface area contributed by atoms with Gasteiger partial charge in [-0.05, 0) is 48.7 Å². The number of aromatic nitrogens is 2. The molecule has 38 heavy (non-hydrogen) atoms. The first-order valence-corrected chi connectivity index (χ1v) is 13.7. The van der Waals surface area contributed by atoms with Gasteiger partial charge < -0.3 is 5.32 Å². The molecule has 2 amide bonds. The molecular formula is C30H29FN4O2S. The van der Waals surface area contributed by atoms with Crippen LogP contribution in [0.15, 0.2) is 78.9 Å². The Balaban J connectivity index is 1.79. The van der Waals surface area contributed by atoms with Crippen molar-refractivity contribution in [2.45, 2.75) is 25.5 Å². The Morgan fingerprint density at radius 2 is 1.76 bits per heavy atom. The Hall–Kier alpha value is -3.91. The van der Waals surface area contributed by atoms with Crippen LogP contribution in [-0.2, 0) is 9.59 Å². The molecule has 1 aliphatic rings. The molecule has 0 unspecified atom stereocenters. The van der Waals surface area contributed by atoms with Gasteiger partial charge in [0.15, 0.2) is 0 Å². The van der Waals surface area contributed by atoms with E-state index in [0.29, 0.717) is 18.1 Å². The summed E-state index contributed by atoms with van der Waals surface area (Å²) in [5, 5.41) is 7.70. The number of thioether (sulfide) groups is 1. The van der Waals surface area contributed by atoms with Gasteiger partial charge in [0.1, 0.15) is 18.2 Å². The molecule has 0 aliphatic carbocycles. The molecule has 194 valence electrons. The summed E-state index contributed by atoms with van der Waals surface area (Å²) in [6.45, 7) is 4.44. The van der Waals surface area contributed by atoms with Crippen molar-refractivity contribution in [1.82, 2.24) is 15.1 Å². The van der Waals surface area contributed by atoms with Crippen LogP contribution in [0.4, 0.5) is 10.2 Å². The fourth-order valence-corrected chi connectivity index (χ4v) is 5.97. The highest BCUT2D eigenvalue weighted by atomic mass is 32.2. The Morgan fingerprint density at radius 3 is 2.47 bits per heavy atom. The minimum absolute atomic E-state index is 0.131. The van der Waals surface area contributed by atoms with Gasteiger partial charge in [0, 0.05) is 17.7 Å². The normalized spacial score (nSPS) is 15.2. The quantitative estimate of drug-likeness (QED) is 0.335. The lowest BCUT2D eigenvalue weighted by molar-refractivity contribution is -0.122. The predicted octanol–water partition coefficient (Wildman–Crippen LogP) is 5.68. The van der Waals surface area contributed by atoms with Crippen molar-refractivity contribution < 1.29 is 14.0 Å². The van der Waals surface area contributed by atoms with Crippen LogP contribution in [0.5, 0.6) is 0 Å². The first-order chi connectivity index (χ1) is 18.5. The van der Waals surface area contributed by atoms with E-state index >= 15 is 0 Å². The number of rotatable bonds is 7. The maximum absolute atomic E-state index is 13.9. The summed E-state index contributed by atoms with van der Waals surface area (Å²) in [6, 6.07) is 24.0. The Kier molecular flexibility index (Phi) is 7.60. The highest BCUT2D eigenvalue weighted by molar-refractivity contribution is 8.00. The Bertz CT molecular complexity index is 1450. The van der Waals surface area contributed by atoms with Crippen molar-refractivity contribution in [2.24, 2.45) is 0 Å². The van der Waals surface area contributed by atoms with E-state index in [0.717, 1.165) is 34.4 Å². The van der Waals surface area contributed by atoms with Gasteiger partial charge in [-0.2, -0.15) is 5.10 Å². The van der Waals surface area contributed by atoms with E-state index in [-0.39, 0.29) is 35.2 Å². The lowest BCUT2D eigenvalue weighted by Crippen LogP contribution is -2.42. The Labute approximate surface area is 225 Å². The second kappa shape index (κ2) is 11.2. The van der Waals surface area contributed by atoms with Crippen LogP contribution < -0.4 is 10.2 Å². The zero-order valence-electron chi connectivity index (χ0n) is 21.4. The van der Waals surface area contributed by atoms with Crippen LogP contribution >= 0.6 is 11.8 Å². The molecule has 0 saturated carbocycles. The van der Waals surface area contributed by atoms with Crippen molar-refractivity contribution >= 4 is 29.4 Å². The number of nitrogens with one attached hydrogen (secondary N) is 1. The van der Waals surface area contributed by atoms with E-state index in [1.54, 1.807) is 16.8 Å². The number of carbonyl (C=O) groups is 2. The van der Waals surface area contributed by atoms with E-state index in [1.165, 1.54) is 28.8 Å². The largest absolute Gasteiger partial charge is 0.355 e. The van der Waals surface area contributed by atoms with Gasteiger partial charge in [0.2, 0.25) is 11.8 Å². The average molecular weight is 529 g/mol. The third kappa shape index (κ3) is 5.09. The number of fused-ring (bicyclic) bond motifs is 1. The van der Waals surface area contributed by atoms with Crippen LogP contribution in [0.1, 0.15) is 35.3 Å². The molecule has 0 radical (unpaired) electrons. The van der Waals surface area contributed by atoms with Gasteiger partial charge in [-0.1, -0.05) is 61.5 Å². The van der Waals surface area contributed by atoms with E-state index in [9.17, 15) is 14.0 Å². The van der Waals surface area contributed by atoms with Crippen LogP contribution in [0.3, 0.4) is 0 Å². The number of carbonyl (C=O) groups excluding carboxylic acids is 2. The van der Waals surface area contributed by atoms with Crippen molar-refractivity contribution in [3.05, 3.63) is 101 Å². The van der Waals surface area contributed by atoms with E-state index in [2.05, 4.69) is 24.4 Å². The van der Waals surface area contributed by atoms with Crippen molar-refractivity contribution in [2.75, 3.05) is 23.7 Å². The van der Waals surface area contributed by atoms with Crippen LogP contribution in [0.2, 0.25) is 0 Å². The number of hydrogen-bond acceptors (Lipinski definition) is 4. The number of aryl methyl sites for hydroxylation is 1. The van der Waals surface area contributed by atoms with Gasteiger partial charge in [0.25, 0.3) is 0 Å². The number of benzene rings is 3. The first-order valence-electron chi connectivity index (χ1n) is 12.7. The molecule has 4 aromatic rings. The first kappa shape index (κ1) is 25.7. The summed E-state index contributed by atoms with van der Waals surface area (Å²) in [5.74, 6) is -0.0480. The molecule has 5 rings (SSSR count). The van der Waals surface area contributed by atoms with E-state index < -0.39 is 0 Å². The molecule has 8 heteroatoms. The molecule has 3 aromatic carbocycles. The van der Waals surface area contributed by atoms with Crippen molar-refractivity contribution in [1.29, 1.82) is 0 Å². The lowest BCUT2D eigenvalue weighted by Gasteiger charge is -2.23. The molecular weight excluding hydrogens is 499 g/mol. The molecule has 1 atom stereocenters. The fraction of sp³-hybridized carbons (Fsp3) is 0.233. The minimum Gasteiger partial charge on any atom is -0.355 e. The van der Waals surface area contributed by atoms with Crippen molar-refractivity contribution in [3.8, 4) is 16.9 Å². The van der Waals surface area contributed by atoms with Gasteiger partial charge in [-0.25, -0.2) is 9.07 Å². The summed E-state index contributed by atoms with van der Waals surface area (Å²) in [7, 11) is 0. The van der Waals surface area contributed by atoms with Crippen LogP contribution in [0.25, 0.3) is 16.9 Å². The smallest absolute Gasteiger partial charge is 0.240 e. The molecule has 1 aliphatic heterocycles. The van der Waals surface area contributed by atoms with Gasteiger partial charge >= 0.3 is 0 Å². The van der Waals surface area contributed by atoms with E-state index in [4.69, 9.17) is 5.10 Å². The second-order valence-corrected chi connectivity index (χ2v) is 10.3. The standard InChI is InChI=1S/C30H29FN4O2S/c1-3-17-32-25(36)18-34-26(37)19-38-29(24-12-8-7-9-20(24)2)27-28(21-10-5-4-6-11-21)33-35(30(27)34)23-15-13-22(31)14-16-23/h4-16,29H,3,17-19H2,1-2H3,(H,32,36)/t29-/m0/s1. The number of halogens is 1. The summed E-state index contributed by atoms with van der Waals surface area (Å²) in [6.07, 6.45) is 0.793. The molecule has 0 spiro atoms. The molecule has 0 bridgehead atoms. The molecule has 1 N–H and O–H groups in total. The lowest BCUT2D eigenvalue weighted by atomic mass is 9.97. The highest BCUT2D eigenvalue weighted by Crippen LogP contribution is 2.49. The molecule has 2 heterocycles. The summed E-state index contributed by atoms with van der Waals surface area (Å²) in [5.41, 5.74) is 5.26. The van der Waals surface area contributed by atoms with Gasteiger partial charge in [-0.15, -0.1) is 11.8 Å². The third-order valence-corrected chi connectivity index (χ3v) is 7.79. The fourth-order valence-electron chi connectivity index (χ4n) is 4.68. The molecule has 6 nitrogen and oxygen atoms in total.